The predicted octanol–water partition coefficient (Wildman–Crippen LogP) is 2.66. The molecule has 15 heavy (non-hydrogen) atoms. The molecule has 0 aliphatic carbocycles. The van der Waals surface area contributed by atoms with Gasteiger partial charge in [0.2, 0.25) is 0 Å². The Hall–Kier alpha value is 0.230. The van der Waals surface area contributed by atoms with Crippen molar-refractivity contribution in [3.63, 3.8) is 0 Å². The van der Waals surface area contributed by atoms with Gasteiger partial charge in [0.1, 0.15) is 0 Å². The summed E-state index contributed by atoms with van der Waals surface area (Å²) in [6.45, 7) is 7.66. The van der Waals surface area contributed by atoms with Crippen molar-refractivity contribution in [2.24, 2.45) is 0 Å². The molecule has 1 aliphatic heterocycles. The maximum absolute atomic E-state index is 5.83. The van der Waals surface area contributed by atoms with Gasteiger partial charge in [0.15, 0.2) is 0 Å². The fourth-order valence-electron chi connectivity index (χ4n) is 1.43. The summed E-state index contributed by atoms with van der Waals surface area (Å²) >= 11 is 0. The normalized spacial score (nSPS) is 33.1. The van der Waals surface area contributed by atoms with Crippen LogP contribution < -0.4 is 0 Å². The molecule has 0 bridgehead atoms. The van der Waals surface area contributed by atoms with E-state index in [-0.39, 0.29) is 0 Å². The summed E-state index contributed by atoms with van der Waals surface area (Å²) in [6.07, 6.45) is 0. The molecule has 1 heterocycles. The van der Waals surface area contributed by atoms with Crippen LogP contribution in [-0.4, -0.2) is 32.5 Å². The average molecular weight is 240 g/mol. The van der Waals surface area contributed by atoms with Crippen LogP contribution in [0.4, 0.5) is 0 Å². The van der Waals surface area contributed by atoms with Crippen LogP contribution in [0.3, 0.4) is 0 Å². The van der Waals surface area contributed by atoms with Crippen molar-refractivity contribution >= 4 is 7.74 Å². The summed E-state index contributed by atoms with van der Waals surface area (Å²) in [6, 6.07) is 0. The summed E-state index contributed by atoms with van der Waals surface area (Å²) < 4.78 is 27.5. The average Bonchev–Trinajstić information content (AvgIpc) is 2.33. The standard InChI is InChI=1S/C9H21O5P/c1-8(2)9(3,4)14-15(10-5,11-6,12-7)13-8/h1-7H3. The van der Waals surface area contributed by atoms with Crippen molar-refractivity contribution in [2.75, 3.05) is 21.3 Å². The Kier molecular flexibility index (Phi) is 2.98. The number of hydrogen-bond donors (Lipinski definition) is 0. The third-order valence-electron chi connectivity index (χ3n) is 3.10. The molecule has 0 aromatic heterocycles. The van der Waals surface area contributed by atoms with Crippen LogP contribution in [0, 0.1) is 0 Å². The molecule has 0 aromatic carbocycles. The quantitative estimate of drug-likeness (QED) is 0.710. The molecule has 0 amide bonds. The minimum absolute atomic E-state index is 0.549. The Bertz CT molecular complexity index is 228. The van der Waals surface area contributed by atoms with Gasteiger partial charge in [-0.05, 0) is 0 Å². The van der Waals surface area contributed by atoms with Crippen LogP contribution >= 0.6 is 7.74 Å². The second-order valence-corrected chi connectivity index (χ2v) is 7.45. The maximum atomic E-state index is 5.83. The molecule has 0 unspecified atom stereocenters. The molecule has 1 fully saturated rings. The molecule has 1 saturated heterocycles. The fraction of sp³-hybridized carbons (Fsp3) is 1.00. The van der Waals surface area contributed by atoms with Crippen molar-refractivity contribution < 1.29 is 22.6 Å². The SMILES string of the molecule is COP1(OC)(OC)OC(C)(C)C(C)(C)O1. The van der Waals surface area contributed by atoms with E-state index >= 15 is 0 Å². The van der Waals surface area contributed by atoms with Crippen molar-refractivity contribution in [1.82, 2.24) is 0 Å². The first-order valence-corrected chi connectivity index (χ1v) is 6.62. The van der Waals surface area contributed by atoms with Gasteiger partial charge in [-0.3, -0.25) is 0 Å². The summed E-state index contributed by atoms with van der Waals surface area (Å²) in [4.78, 5) is 0. The van der Waals surface area contributed by atoms with Gasteiger partial charge in [0.05, 0.1) is 0 Å². The van der Waals surface area contributed by atoms with E-state index in [1.165, 1.54) is 21.3 Å². The molecule has 1 aliphatic rings. The van der Waals surface area contributed by atoms with E-state index in [0.717, 1.165) is 0 Å². The minimum atomic E-state index is -3.85. The molecule has 0 radical (unpaired) electrons. The van der Waals surface area contributed by atoms with Crippen LogP contribution in [0.2, 0.25) is 0 Å². The van der Waals surface area contributed by atoms with Gasteiger partial charge >= 0.3 is 90.6 Å². The van der Waals surface area contributed by atoms with Crippen molar-refractivity contribution in [1.29, 1.82) is 0 Å². The van der Waals surface area contributed by atoms with E-state index in [0.29, 0.717) is 0 Å². The van der Waals surface area contributed by atoms with Gasteiger partial charge < -0.3 is 0 Å². The topological polar surface area (TPSA) is 46.2 Å². The zero-order chi connectivity index (χ0) is 12.0. The Morgan fingerprint density at radius 1 is 0.733 bits per heavy atom. The summed E-state index contributed by atoms with van der Waals surface area (Å²) in [5, 5.41) is 0. The molecular weight excluding hydrogens is 219 g/mol. The zero-order valence-corrected chi connectivity index (χ0v) is 11.4. The summed E-state index contributed by atoms with van der Waals surface area (Å²) in [7, 11) is 0.532. The van der Waals surface area contributed by atoms with Crippen molar-refractivity contribution in [3.8, 4) is 0 Å². The third-order valence-corrected chi connectivity index (χ3v) is 6.40. The Morgan fingerprint density at radius 3 is 1.13 bits per heavy atom. The molecule has 92 valence electrons. The second kappa shape index (κ2) is 3.36. The molecule has 0 spiro atoms. The van der Waals surface area contributed by atoms with E-state index in [4.69, 9.17) is 22.6 Å². The first-order valence-electron chi connectivity index (χ1n) is 4.80. The van der Waals surface area contributed by atoms with Gasteiger partial charge in [-0.2, -0.15) is 0 Å². The van der Waals surface area contributed by atoms with Crippen LogP contribution in [-0.2, 0) is 22.6 Å². The Morgan fingerprint density at radius 2 is 1.00 bits per heavy atom. The van der Waals surface area contributed by atoms with Crippen LogP contribution in [0.1, 0.15) is 27.7 Å². The number of hydrogen-bond acceptors (Lipinski definition) is 5. The molecule has 0 saturated carbocycles. The monoisotopic (exact) mass is 240 g/mol. The molecule has 5 nitrogen and oxygen atoms in total. The summed E-state index contributed by atoms with van der Waals surface area (Å²) in [5.74, 6) is 0. The van der Waals surface area contributed by atoms with Crippen molar-refractivity contribution in [3.05, 3.63) is 0 Å². The van der Waals surface area contributed by atoms with E-state index < -0.39 is 18.9 Å². The van der Waals surface area contributed by atoms with Gasteiger partial charge in [-0.15, -0.1) is 0 Å². The second-order valence-electron chi connectivity index (χ2n) is 4.50. The number of rotatable bonds is 3. The molecular formula is C9H21O5P. The Balaban J connectivity index is 3.20. The van der Waals surface area contributed by atoms with E-state index in [1.54, 1.807) is 0 Å². The zero-order valence-electron chi connectivity index (χ0n) is 10.5. The fourth-order valence-corrected chi connectivity index (χ4v) is 4.29. The molecule has 0 atom stereocenters. The van der Waals surface area contributed by atoms with Gasteiger partial charge in [-0.25, -0.2) is 0 Å². The third kappa shape index (κ3) is 1.71. The van der Waals surface area contributed by atoms with E-state index in [2.05, 4.69) is 0 Å². The van der Waals surface area contributed by atoms with Gasteiger partial charge in [-0.1, -0.05) is 0 Å². The first kappa shape index (κ1) is 13.3. The first-order chi connectivity index (χ1) is 6.66. The van der Waals surface area contributed by atoms with Crippen LogP contribution in [0.25, 0.3) is 0 Å². The van der Waals surface area contributed by atoms with Gasteiger partial charge in [0, 0.05) is 0 Å². The molecule has 0 N–H and O–H groups in total. The van der Waals surface area contributed by atoms with E-state index in [9.17, 15) is 0 Å². The Labute approximate surface area is 91.3 Å². The van der Waals surface area contributed by atoms with Crippen LogP contribution in [0.5, 0.6) is 0 Å². The molecule has 0 aromatic rings. The molecule has 1 rings (SSSR count). The van der Waals surface area contributed by atoms with Gasteiger partial charge in [0.25, 0.3) is 0 Å². The van der Waals surface area contributed by atoms with E-state index in [1.807, 2.05) is 27.7 Å². The predicted molar refractivity (Wildman–Crippen MR) is 58.3 cm³/mol. The van der Waals surface area contributed by atoms with Crippen LogP contribution in [0.15, 0.2) is 0 Å². The summed E-state index contributed by atoms with van der Waals surface area (Å²) in [5.41, 5.74) is -1.10. The van der Waals surface area contributed by atoms with Crippen molar-refractivity contribution in [2.45, 2.75) is 38.9 Å². The molecule has 6 heteroatoms.